The van der Waals surface area contributed by atoms with Gasteiger partial charge in [0.1, 0.15) is 11.8 Å². The summed E-state index contributed by atoms with van der Waals surface area (Å²) in [6.07, 6.45) is 5.81. The van der Waals surface area contributed by atoms with E-state index < -0.39 is 0 Å². The fourth-order valence-electron chi connectivity index (χ4n) is 3.57. The number of hydrogen-bond donors (Lipinski definition) is 0. The van der Waals surface area contributed by atoms with Crippen LogP contribution in [0.3, 0.4) is 0 Å². The van der Waals surface area contributed by atoms with Gasteiger partial charge in [-0.1, -0.05) is 5.16 Å². The van der Waals surface area contributed by atoms with Gasteiger partial charge in [-0.15, -0.1) is 0 Å². The monoisotopic (exact) mass is 343 g/mol. The van der Waals surface area contributed by atoms with Crippen LogP contribution in [0.2, 0.25) is 0 Å². The first kappa shape index (κ1) is 15.1. The van der Waals surface area contributed by atoms with Crippen LogP contribution in [0.25, 0.3) is 0 Å². The standard InChI is InChI=1S/C18H21N3O4/c1-10-14(17-19-16(20-25-17)12-4-5-12)21(7-9-23-10)18(22)13-6-8-24-15(13)11-2-3-11/h6,8,10-12,14H,2-5,7,9H2,1H3/t10-,14+/m1/s1. The van der Waals surface area contributed by atoms with Gasteiger partial charge in [0, 0.05) is 18.4 Å². The molecule has 3 fully saturated rings. The second kappa shape index (κ2) is 5.69. The maximum absolute atomic E-state index is 13.2. The number of aromatic nitrogens is 2. The average Bonchev–Trinajstić information content (AvgIpc) is 3.55. The molecule has 5 rings (SSSR count). The molecule has 0 bridgehead atoms. The van der Waals surface area contributed by atoms with Gasteiger partial charge < -0.3 is 18.6 Å². The molecule has 2 atom stereocenters. The summed E-state index contributed by atoms with van der Waals surface area (Å²) in [6.45, 7) is 2.95. The van der Waals surface area contributed by atoms with Crippen molar-refractivity contribution in [3.05, 3.63) is 35.4 Å². The molecule has 0 radical (unpaired) electrons. The van der Waals surface area contributed by atoms with E-state index in [1.807, 2.05) is 6.92 Å². The molecule has 2 aromatic heterocycles. The van der Waals surface area contributed by atoms with Gasteiger partial charge in [-0.05, 0) is 38.7 Å². The predicted octanol–water partition coefficient (Wildman–Crippen LogP) is 3.02. The third-order valence-corrected chi connectivity index (χ3v) is 5.28. The Morgan fingerprint density at radius 2 is 2.04 bits per heavy atom. The molecule has 7 heteroatoms. The van der Waals surface area contributed by atoms with E-state index in [0.717, 1.165) is 37.3 Å². The number of morpholine rings is 1. The normalized spacial score (nSPS) is 26.8. The van der Waals surface area contributed by atoms with Crippen LogP contribution in [0.15, 0.2) is 21.3 Å². The van der Waals surface area contributed by atoms with Crippen LogP contribution >= 0.6 is 0 Å². The van der Waals surface area contributed by atoms with E-state index in [2.05, 4.69) is 10.1 Å². The Kier molecular flexibility index (Phi) is 3.45. The lowest BCUT2D eigenvalue weighted by atomic mass is 10.1. The molecule has 7 nitrogen and oxygen atoms in total. The summed E-state index contributed by atoms with van der Waals surface area (Å²) < 4.78 is 16.9. The fourth-order valence-corrected chi connectivity index (χ4v) is 3.57. The van der Waals surface area contributed by atoms with Crippen LogP contribution in [0.5, 0.6) is 0 Å². The van der Waals surface area contributed by atoms with Crippen LogP contribution in [-0.2, 0) is 4.74 Å². The van der Waals surface area contributed by atoms with Gasteiger partial charge >= 0.3 is 0 Å². The number of rotatable bonds is 4. The number of carbonyl (C=O) groups excluding carboxylic acids is 1. The fraction of sp³-hybridized carbons (Fsp3) is 0.611. The first-order valence-corrected chi connectivity index (χ1v) is 9.06. The molecule has 0 aromatic carbocycles. The van der Waals surface area contributed by atoms with Gasteiger partial charge in [-0.25, -0.2) is 0 Å². The molecule has 1 aliphatic heterocycles. The summed E-state index contributed by atoms with van der Waals surface area (Å²) >= 11 is 0. The summed E-state index contributed by atoms with van der Waals surface area (Å²) in [5, 5.41) is 4.10. The van der Waals surface area contributed by atoms with Crippen molar-refractivity contribution in [2.75, 3.05) is 13.2 Å². The van der Waals surface area contributed by atoms with E-state index in [4.69, 9.17) is 13.7 Å². The molecular weight excluding hydrogens is 322 g/mol. The maximum atomic E-state index is 13.2. The highest BCUT2D eigenvalue weighted by atomic mass is 16.5. The van der Waals surface area contributed by atoms with Crippen molar-refractivity contribution >= 4 is 5.91 Å². The maximum Gasteiger partial charge on any atom is 0.258 e. The second-order valence-corrected chi connectivity index (χ2v) is 7.26. The zero-order valence-electron chi connectivity index (χ0n) is 14.2. The van der Waals surface area contributed by atoms with Gasteiger partial charge in [0.05, 0.1) is 24.5 Å². The molecule has 1 amide bonds. The quantitative estimate of drug-likeness (QED) is 0.849. The highest BCUT2D eigenvalue weighted by molar-refractivity contribution is 5.95. The van der Waals surface area contributed by atoms with Crippen molar-refractivity contribution in [2.24, 2.45) is 0 Å². The lowest BCUT2D eigenvalue weighted by molar-refractivity contribution is -0.0601. The summed E-state index contributed by atoms with van der Waals surface area (Å²) in [5.41, 5.74) is 0.656. The van der Waals surface area contributed by atoms with Crippen LogP contribution in [0.1, 0.15) is 78.3 Å². The molecular formula is C18H21N3O4. The number of carbonyl (C=O) groups is 1. The summed E-state index contributed by atoms with van der Waals surface area (Å²) in [5.74, 6) is 2.79. The molecule has 3 heterocycles. The Balaban J connectivity index is 1.46. The minimum Gasteiger partial charge on any atom is -0.468 e. The Bertz CT molecular complexity index is 790. The molecule has 2 aromatic rings. The molecule has 0 unspecified atom stereocenters. The Morgan fingerprint density at radius 3 is 2.80 bits per heavy atom. The van der Waals surface area contributed by atoms with E-state index in [-0.39, 0.29) is 18.1 Å². The average molecular weight is 343 g/mol. The summed E-state index contributed by atoms with van der Waals surface area (Å²) in [4.78, 5) is 19.6. The molecule has 1 saturated heterocycles. The Hall–Kier alpha value is -2.15. The number of furan rings is 1. The number of hydrogen-bond acceptors (Lipinski definition) is 6. The van der Waals surface area contributed by atoms with Crippen molar-refractivity contribution in [1.82, 2.24) is 15.0 Å². The van der Waals surface area contributed by atoms with Crippen LogP contribution in [-0.4, -0.2) is 40.2 Å². The molecule has 0 spiro atoms. The number of ether oxygens (including phenoxy) is 1. The number of nitrogens with zero attached hydrogens (tertiary/aromatic N) is 3. The van der Waals surface area contributed by atoms with Crippen molar-refractivity contribution in [1.29, 1.82) is 0 Å². The molecule has 0 N–H and O–H groups in total. The van der Waals surface area contributed by atoms with Gasteiger partial charge in [-0.3, -0.25) is 4.79 Å². The lowest BCUT2D eigenvalue weighted by Gasteiger charge is -2.37. The third kappa shape index (κ3) is 2.66. The van der Waals surface area contributed by atoms with E-state index in [0.29, 0.717) is 36.4 Å². The largest absolute Gasteiger partial charge is 0.468 e. The smallest absolute Gasteiger partial charge is 0.258 e. The molecule has 2 saturated carbocycles. The zero-order chi connectivity index (χ0) is 17.0. The third-order valence-electron chi connectivity index (χ3n) is 5.28. The van der Waals surface area contributed by atoms with Crippen LogP contribution in [0.4, 0.5) is 0 Å². The number of amides is 1. The van der Waals surface area contributed by atoms with Crippen LogP contribution in [0, 0.1) is 0 Å². The first-order chi connectivity index (χ1) is 12.2. The highest BCUT2D eigenvalue weighted by Crippen LogP contribution is 2.43. The highest BCUT2D eigenvalue weighted by Gasteiger charge is 2.41. The van der Waals surface area contributed by atoms with Crippen molar-refractivity contribution in [2.45, 2.75) is 56.6 Å². The van der Waals surface area contributed by atoms with E-state index in [1.165, 1.54) is 0 Å². The zero-order valence-corrected chi connectivity index (χ0v) is 14.2. The van der Waals surface area contributed by atoms with E-state index >= 15 is 0 Å². The van der Waals surface area contributed by atoms with E-state index in [1.54, 1.807) is 17.2 Å². The van der Waals surface area contributed by atoms with Crippen molar-refractivity contribution in [3.8, 4) is 0 Å². The molecule has 25 heavy (non-hydrogen) atoms. The first-order valence-electron chi connectivity index (χ1n) is 9.06. The van der Waals surface area contributed by atoms with E-state index in [9.17, 15) is 4.79 Å². The second-order valence-electron chi connectivity index (χ2n) is 7.26. The molecule has 3 aliphatic rings. The Labute approximate surface area is 145 Å². The topological polar surface area (TPSA) is 81.6 Å². The summed E-state index contributed by atoms with van der Waals surface area (Å²) in [6, 6.07) is 1.42. The Morgan fingerprint density at radius 1 is 1.24 bits per heavy atom. The predicted molar refractivity (Wildman–Crippen MR) is 86.1 cm³/mol. The van der Waals surface area contributed by atoms with Gasteiger partial charge in [0.25, 0.3) is 11.8 Å². The lowest BCUT2D eigenvalue weighted by Crippen LogP contribution is -2.47. The van der Waals surface area contributed by atoms with Gasteiger partial charge in [0.15, 0.2) is 5.82 Å². The van der Waals surface area contributed by atoms with Crippen molar-refractivity contribution in [3.63, 3.8) is 0 Å². The minimum absolute atomic E-state index is 0.0398. The SMILES string of the molecule is C[C@H]1OCCN(C(=O)c2ccoc2C2CC2)[C@@H]1c1nc(C2CC2)no1. The van der Waals surface area contributed by atoms with Crippen LogP contribution < -0.4 is 0 Å². The van der Waals surface area contributed by atoms with Gasteiger partial charge in [0.2, 0.25) is 0 Å². The van der Waals surface area contributed by atoms with Gasteiger partial charge in [-0.2, -0.15) is 4.98 Å². The summed E-state index contributed by atoms with van der Waals surface area (Å²) in [7, 11) is 0. The minimum atomic E-state index is -0.358. The molecule has 132 valence electrons. The van der Waals surface area contributed by atoms with Crippen molar-refractivity contribution < 1.29 is 18.5 Å². The molecule has 2 aliphatic carbocycles.